The maximum absolute atomic E-state index is 13.2. The van der Waals surface area contributed by atoms with Crippen LogP contribution in [0.3, 0.4) is 0 Å². The zero-order chi connectivity index (χ0) is 16.8. The summed E-state index contributed by atoms with van der Waals surface area (Å²) in [6.07, 6.45) is 4.16. The van der Waals surface area contributed by atoms with E-state index in [9.17, 15) is 8.42 Å². The molecule has 23 heavy (non-hydrogen) atoms. The monoisotopic (exact) mass is 332 g/mol. The van der Waals surface area contributed by atoms with Gasteiger partial charge in [0.05, 0.1) is 10.1 Å². The van der Waals surface area contributed by atoms with Gasteiger partial charge >= 0.3 is 0 Å². The van der Waals surface area contributed by atoms with Crippen LogP contribution in [0.4, 0.5) is 0 Å². The molecule has 0 spiro atoms. The molecule has 0 aliphatic carbocycles. The number of hydrogen-bond acceptors (Lipinski definition) is 4. The Morgan fingerprint density at radius 2 is 1.96 bits per heavy atom. The molecule has 1 aromatic carbocycles. The van der Waals surface area contributed by atoms with Gasteiger partial charge in [-0.15, -0.1) is 0 Å². The minimum absolute atomic E-state index is 0.00284. The summed E-state index contributed by atoms with van der Waals surface area (Å²) in [5.74, 6) is 0. The van der Waals surface area contributed by atoms with E-state index < -0.39 is 9.84 Å². The maximum Gasteiger partial charge on any atom is 0.183 e. The summed E-state index contributed by atoms with van der Waals surface area (Å²) in [5.41, 5.74) is 0.912. The van der Waals surface area contributed by atoms with E-state index in [1.807, 2.05) is 19.1 Å². The van der Waals surface area contributed by atoms with E-state index in [2.05, 4.69) is 30.7 Å². The first kappa shape index (κ1) is 16.4. The number of fused-ring (bicyclic) bond motifs is 1. The quantitative estimate of drug-likeness (QED) is 0.847. The van der Waals surface area contributed by atoms with Crippen molar-refractivity contribution in [3.63, 3.8) is 0 Å². The lowest BCUT2D eigenvalue weighted by Gasteiger charge is -2.31. The number of hydrogen-bond donors (Lipinski definition) is 0. The van der Waals surface area contributed by atoms with Crippen LogP contribution in [-0.2, 0) is 9.84 Å². The molecular weight excluding hydrogens is 308 g/mol. The molecule has 0 radical (unpaired) electrons. The van der Waals surface area contributed by atoms with Crippen molar-refractivity contribution in [1.29, 1.82) is 0 Å². The van der Waals surface area contributed by atoms with Crippen molar-refractivity contribution in [1.82, 2.24) is 9.88 Å². The second kappa shape index (κ2) is 5.56. The maximum atomic E-state index is 13.2. The van der Waals surface area contributed by atoms with Crippen molar-refractivity contribution in [2.75, 3.05) is 13.1 Å². The predicted octanol–water partition coefficient (Wildman–Crippen LogP) is 3.19. The highest BCUT2D eigenvalue weighted by molar-refractivity contribution is 7.92. The summed E-state index contributed by atoms with van der Waals surface area (Å²) in [6.45, 7) is 9.76. The summed E-state index contributed by atoms with van der Waals surface area (Å²) in [5, 5.41) is 1.37. The second-order valence-corrected chi connectivity index (χ2v) is 9.58. The van der Waals surface area contributed by atoms with Crippen molar-refractivity contribution in [3.8, 4) is 0 Å². The highest BCUT2D eigenvalue weighted by Gasteiger charge is 2.38. The van der Waals surface area contributed by atoms with Crippen molar-refractivity contribution < 1.29 is 8.42 Å². The molecular formula is C18H24N2O2S. The van der Waals surface area contributed by atoms with E-state index in [0.29, 0.717) is 17.9 Å². The van der Waals surface area contributed by atoms with Gasteiger partial charge in [0.25, 0.3) is 0 Å². The first-order chi connectivity index (χ1) is 10.7. The lowest BCUT2D eigenvalue weighted by atomic mass is 10.1. The molecule has 2 heterocycles. The third kappa shape index (κ3) is 2.88. The number of pyridine rings is 1. The van der Waals surface area contributed by atoms with Gasteiger partial charge in [-0.3, -0.25) is 9.88 Å². The molecule has 1 aliphatic heterocycles. The SMILES string of the molecule is Cc1cncc2cccc(S(=O)(=O)C3CCN(C(C)(C)C)C3)c12. The van der Waals surface area contributed by atoms with Gasteiger partial charge in [-0.2, -0.15) is 0 Å². The van der Waals surface area contributed by atoms with E-state index in [-0.39, 0.29) is 10.8 Å². The third-order valence-corrected chi connectivity index (χ3v) is 6.99. The topological polar surface area (TPSA) is 50.3 Å². The number of aryl methyl sites for hydroxylation is 1. The highest BCUT2D eigenvalue weighted by Crippen LogP contribution is 2.32. The van der Waals surface area contributed by atoms with Crippen molar-refractivity contribution in [2.24, 2.45) is 0 Å². The number of likely N-dealkylation sites (tertiary alicyclic amines) is 1. The number of nitrogens with zero attached hydrogens (tertiary/aromatic N) is 2. The summed E-state index contributed by atoms with van der Waals surface area (Å²) >= 11 is 0. The van der Waals surface area contributed by atoms with Crippen LogP contribution in [0.25, 0.3) is 10.8 Å². The van der Waals surface area contributed by atoms with Crippen LogP contribution in [-0.4, -0.2) is 42.2 Å². The first-order valence-corrected chi connectivity index (χ1v) is 9.58. The van der Waals surface area contributed by atoms with Crippen LogP contribution in [0.5, 0.6) is 0 Å². The largest absolute Gasteiger partial charge is 0.297 e. The minimum Gasteiger partial charge on any atom is -0.297 e. The van der Waals surface area contributed by atoms with E-state index in [4.69, 9.17) is 0 Å². The van der Waals surface area contributed by atoms with Crippen LogP contribution in [0.2, 0.25) is 0 Å². The fourth-order valence-corrected chi connectivity index (χ4v) is 5.36. The van der Waals surface area contributed by atoms with Gasteiger partial charge < -0.3 is 0 Å². The number of aromatic nitrogens is 1. The highest BCUT2D eigenvalue weighted by atomic mass is 32.2. The lowest BCUT2D eigenvalue weighted by molar-refractivity contribution is 0.175. The van der Waals surface area contributed by atoms with Crippen LogP contribution in [0, 0.1) is 6.92 Å². The Morgan fingerprint density at radius 1 is 1.22 bits per heavy atom. The van der Waals surface area contributed by atoms with E-state index in [0.717, 1.165) is 22.9 Å². The summed E-state index contributed by atoms with van der Waals surface area (Å²) in [7, 11) is -3.35. The molecule has 3 rings (SSSR count). The Labute approximate surface area is 138 Å². The summed E-state index contributed by atoms with van der Waals surface area (Å²) in [6, 6.07) is 5.47. The van der Waals surface area contributed by atoms with E-state index in [1.165, 1.54) is 0 Å². The molecule has 1 aliphatic rings. The number of benzene rings is 1. The minimum atomic E-state index is -3.35. The van der Waals surface area contributed by atoms with Crippen LogP contribution < -0.4 is 0 Å². The van der Waals surface area contributed by atoms with Crippen molar-refractivity contribution in [2.45, 2.75) is 49.8 Å². The molecule has 1 unspecified atom stereocenters. The lowest BCUT2D eigenvalue weighted by Crippen LogP contribution is -2.40. The molecule has 0 N–H and O–H groups in total. The Bertz CT molecular complexity index is 832. The zero-order valence-corrected chi connectivity index (χ0v) is 15.0. The second-order valence-electron chi connectivity index (χ2n) is 7.38. The Morgan fingerprint density at radius 3 is 2.61 bits per heavy atom. The Kier molecular flexibility index (Phi) is 3.97. The van der Waals surface area contributed by atoms with Gasteiger partial charge in [-0.1, -0.05) is 12.1 Å². The predicted molar refractivity (Wildman–Crippen MR) is 93.4 cm³/mol. The van der Waals surface area contributed by atoms with Crippen LogP contribution in [0.15, 0.2) is 35.5 Å². The van der Waals surface area contributed by atoms with Gasteiger partial charge in [-0.25, -0.2) is 8.42 Å². The van der Waals surface area contributed by atoms with Gasteiger partial charge in [0, 0.05) is 35.2 Å². The van der Waals surface area contributed by atoms with Crippen LogP contribution >= 0.6 is 0 Å². The van der Waals surface area contributed by atoms with Gasteiger partial charge in [0.15, 0.2) is 9.84 Å². The molecule has 2 aromatic rings. The molecule has 0 amide bonds. The fourth-order valence-electron chi connectivity index (χ4n) is 3.38. The molecule has 5 heteroatoms. The fraction of sp³-hybridized carbons (Fsp3) is 0.500. The summed E-state index contributed by atoms with van der Waals surface area (Å²) in [4.78, 5) is 6.89. The van der Waals surface area contributed by atoms with Gasteiger partial charge in [-0.05, 0) is 52.3 Å². The first-order valence-electron chi connectivity index (χ1n) is 8.03. The molecule has 4 nitrogen and oxygen atoms in total. The standard InChI is InChI=1S/C18H24N2O2S/c1-13-10-19-11-14-6-5-7-16(17(13)14)23(21,22)15-8-9-20(12-15)18(2,3)4/h5-7,10-11,15H,8-9,12H2,1-4H3. The Hall–Kier alpha value is -1.46. The molecule has 1 saturated heterocycles. The molecule has 1 fully saturated rings. The van der Waals surface area contributed by atoms with Crippen molar-refractivity contribution in [3.05, 3.63) is 36.2 Å². The molecule has 124 valence electrons. The molecule has 0 bridgehead atoms. The smallest absolute Gasteiger partial charge is 0.183 e. The summed E-state index contributed by atoms with van der Waals surface area (Å²) < 4.78 is 26.5. The number of sulfone groups is 1. The average molecular weight is 332 g/mol. The number of rotatable bonds is 2. The Balaban J connectivity index is 2.05. The van der Waals surface area contributed by atoms with Gasteiger partial charge in [0.1, 0.15) is 0 Å². The van der Waals surface area contributed by atoms with Gasteiger partial charge in [0.2, 0.25) is 0 Å². The van der Waals surface area contributed by atoms with Crippen molar-refractivity contribution >= 4 is 20.6 Å². The van der Waals surface area contributed by atoms with E-state index >= 15 is 0 Å². The average Bonchev–Trinajstić information content (AvgIpc) is 2.97. The van der Waals surface area contributed by atoms with Crippen LogP contribution in [0.1, 0.15) is 32.8 Å². The zero-order valence-electron chi connectivity index (χ0n) is 14.2. The molecule has 0 saturated carbocycles. The van der Waals surface area contributed by atoms with E-state index in [1.54, 1.807) is 18.5 Å². The molecule has 1 atom stereocenters. The molecule has 1 aromatic heterocycles. The third-order valence-electron chi connectivity index (χ3n) is 4.77. The normalized spacial score (nSPS) is 20.3.